The van der Waals surface area contributed by atoms with Crippen LogP contribution in [0.15, 0.2) is 35.2 Å². The van der Waals surface area contributed by atoms with E-state index in [0.717, 1.165) is 16.7 Å². The quantitative estimate of drug-likeness (QED) is 0.505. The number of carbonyl (C=O) groups is 2. The topological polar surface area (TPSA) is 78.4 Å². The average molecular weight is 310 g/mol. The highest BCUT2D eigenvalue weighted by Gasteiger charge is 2.25. The third-order valence-electron chi connectivity index (χ3n) is 2.87. The molecule has 0 bridgehead atoms. The van der Waals surface area contributed by atoms with Crippen LogP contribution in [-0.4, -0.2) is 35.4 Å². The van der Waals surface area contributed by atoms with E-state index in [-0.39, 0.29) is 11.9 Å². The van der Waals surface area contributed by atoms with Gasteiger partial charge in [-0.05, 0) is 31.5 Å². The second kappa shape index (κ2) is 8.69. The number of carboxylic acids is 1. The molecule has 0 radical (unpaired) electrons. The predicted molar refractivity (Wildman–Crippen MR) is 84.2 cm³/mol. The van der Waals surface area contributed by atoms with Gasteiger partial charge in [0.25, 0.3) is 0 Å². The molecule has 0 aliphatic heterocycles. The van der Waals surface area contributed by atoms with E-state index in [1.54, 1.807) is 7.05 Å². The van der Waals surface area contributed by atoms with Gasteiger partial charge in [0.05, 0.1) is 6.04 Å². The standard InChI is InChI=1S/C15H22N2O3S/c1-10(2)9-12(16-3)13(18)17-14(15(19)20)21-11-7-5-4-6-8-11/h4-8,10,12,14,16H,9H2,1-3H3,(H,17,18)(H,19,20)/t12-,14?/m0/s1. The number of nitrogens with one attached hydrogen (secondary N) is 2. The van der Waals surface area contributed by atoms with Crippen LogP contribution >= 0.6 is 11.8 Å². The molecule has 2 atom stereocenters. The number of likely N-dealkylation sites (N-methyl/N-ethyl adjacent to an activating group) is 1. The van der Waals surface area contributed by atoms with E-state index in [4.69, 9.17) is 0 Å². The summed E-state index contributed by atoms with van der Waals surface area (Å²) in [4.78, 5) is 24.3. The largest absolute Gasteiger partial charge is 0.479 e. The molecule has 116 valence electrons. The highest BCUT2D eigenvalue weighted by Crippen LogP contribution is 2.21. The minimum Gasteiger partial charge on any atom is -0.479 e. The van der Waals surface area contributed by atoms with E-state index in [2.05, 4.69) is 10.6 Å². The smallest absolute Gasteiger partial charge is 0.337 e. The van der Waals surface area contributed by atoms with Crippen molar-refractivity contribution in [2.75, 3.05) is 7.05 Å². The van der Waals surface area contributed by atoms with Gasteiger partial charge in [0.2, 0.25) is 5.91 Å². The van der Waals surface area contributed by atoms with Crippen LogP contribution in [0.1, 0.15) is 20.3 Å². The molecule has 6 heteroatoms. The maximum Gasteiger partial charge on any atom is 0.337 e. The van der Waals surface area contributed by atoms with Crippen molar-refractivity contribution in [2.24, 2.45) is 5.92 Å². The van der Waals surface area contributed by atoms with Crippen molar-refractivity contribution in [3.8, 4) is 0 Å². The fourth-order valence-corrected chi connectivity index (χ4v) is 2.70. The molecule has 21 heavy (non-hydrogen) atoms. The summed E-state index contributed by atoms with van der Waals surface area (Å²) in [6, 6.07) is 8.77. The van der Waals surface area contributed by atoms with E-state index < -0.39 is 11.3 Å². The normalized spacial score (nSPS) is 13.7. The third-order valence-corrected chi connectivity index (χ3v) is 3.97. The zero-order valence-corrected chi connectivity index (χ0v) is 13.3. The fraction of sp³-hybridized carbons (Fsp3) is 0.467. The molecule has 0 aromatic heterocycles. The molecule has 0 aliphatic rings. The first-order chi connectivity index (χ1) is 9.93. The zero-order chi connectivity index (χ0) is 15.8. The SMILES string of the molecule is CN[C@@H](CC(C)C)C(=O)NC(Sc1ccccc1)C(=O)O. The predicted octanol–water partition coefficient (Wildman–Crippen LogP) is 1.94. The Balaban J connectivity index is 2.69. The van der Waals surface area contributed by atoms with E-state index in [9.17, 15) is 14.7 Å². The van der Waals surface area contributed by atoms with Gasteiger partial charge in [-0.1, -0.05) is 43.8 Å². The summed E-state index contributed by atoms with van der Waals surface area (Å²) in [5, 5.41) is 13.8. The Kier molecular flexibility index (Phi) is 7.25. The summed E-state index contributed by atoms with van der Waals surface area (Å²) in [5.41, 5.74) is 0. The van der Waals surface area contributed by atoms with Crippen LogP contribution in [0.4, 0.5) is 0 Å². The van der Waals surface area contributed by atoms with Crippen molar-refractivity contribution in [2.45, 2.75) is 36.6 Å². The fourth-order valence-electron chi connectivity index (χ4n) is 1.83. The number of aliphatic carboxylic acids is 1. The lowest BCUT2D eigenvalue weighted by Gasteiger charge is -2.21. The average Bonchev–Trinajstić information content (AvgIpc) is 2.44. The Hall–Kier alpha value is -1.53. The van der Waals surface area contributed by atoms with Crippen molar-refractivity contribution in [3.63, 3.8) is 0 Å². The molecular weight excluding hydrogens is 288 g/mol. The van der Waals surface area contributed by atoms with Gasteiger partial charge >= 0.3 is 5.97 Å². The van der Waals surface area contributed by atoms with Crippen LogP contribution in [0.3, 0.4) is 0 Å². The first-order valence-electron chi connectivity index (χ1n) is 6.86. The molecular formula is C15H22N2O3S. The van der Waals surface area contributed by atoms with Gasteiger partial charge in [-0.15, -0.1) is 0 Å². The summed E-state index contributed by atoms with van der Waals surface area (Å²) in [5.74, 6) is -1.00. The van der Waals surface area contributed by atoms with Crippen molar-refractivity contribution < 1.29 is 14.7 Å². The molecule has 0 fully saturated rings. The Labute approximate surface area is 129 Å². The van der Waals surface area contributed by atoms with E-state index in [0.29, 0.717) is 12.3 Å². The van der Waals surface area contributed by atoms with Crippen molar-refractivity contribution in [1.29, 1.82) is 0 Å². The van der Waals surface area contributed by atoms with Crippen molar-refractivity contribution in [1.82, 2.24) is 10.6 Å². The molecule has 1 rings (SSSR count). The van der Waals surface area contributed by atoms with Crippen LogP contribution in [0.25, 0.3) is 0 Å². The molecule has 0 heterocycles. The lowest BCUT2D eigenvalue weighted by Crippen LogP contribution is -2.48. The minimum absolute atomic E-state index is 0.290. The van der Waals surface area contributed by atoms with Crippen molar-refractivity contribution >= 4 is 23.6 Å². The number of benzene rings is 1. The molecule has 0 saturated carbocycles. The van der Waals surface area contributed by atoms with Crippen LogP contribution in [0.5, 0.6) is 0 Å². The lowest BCUT2D eigenvalue weighted by molar-refractivity contribution is -0.139. The number of amides is 1. The molecule has 1 unspecified atom stereocenters. The zero-order valence-electron chi connectivity index (χ0n) is 12.5. The number of hydrogen-bond acceptors (Lipinski definition) is 4. The van der Waals surface area contributed by atoms with Gasteiger partial charge in [-0.3, -0.25) is 4.79 Å². The Morgan fingerprint density at radius 3 is 2.33 bits per heavy atom. The summed E-state index contributed by atoms with van der Waals surface area (Å²) in [6.07, 6.45) is 0.657. The second-order valence-corrected chi connectivity index (χ2v) is 6.31. The van der Waals surface area contributed by atoms with Crippen LogP contribution in [-0.2, 0) is 9.59 Å². The van der Waals surface area contributed by atoms with Gasteiger partial charge in [-0.2, -0.15) is 0 Å². The number of carboxylic acid groups (broad SMARTS) is 1. The van der Waals surface area contributed by atoms with Crippen molar-refractivity contribution in [3.05, 3.63) is 30.3 Å². The summed E-state index contributed by atoms with van der Waals surface area (Å²) >= 11 is 1.11. The molecule has 3 N–H and O–H groups in total. The number of thioether (sulfide) groups is 1. The maximum atomic E-state index is 12.2. The molecule has 1 aromatic carbocycles. The first kappa shape index (κ1) is 17.5. The Morgan fingerprint density at radius 2 is 1.86 bits per heavy atom. The van der Waals surface area contributed by atoms with E-state index in [1.165, 1.54) is 0 Å². The molecule has 1 amide bonds. The van der Waals surface area contributed by atoms with Crippen LogP contribution in [0, 0.1) is 5.92 Å². The second-order valence-electron chi connectivity index (χ2n) is 5.13. The van der Waals surface area contributed by atoms with Gasteiger partial charge < -0.3 is 15.7 Å². The minimum atomic E-state index is -1.06. The number of rotatable bonds is 8. The molecule has 1 aromatic rings. The summed E-state index contributed by atoms with van der Waals surface area (Å²) < 4.78 is 0. The van der Waals surface area contributed by atoms with Crippen LogP contribution < -0.4 is 10.6 Å². The monoisotopic (exact) mass is 310 g/mol. The van der Waals surface area contributed by atoms with E-state index in [1.807, 2.05) is 44.2 Å². The summed E-state index contributed by atoms with van der Waals surface area (Å²) in [6.45, 7) is 4.04. The molecule has 0 aliphatic carbocycles. The first-order valence-corrected chi connectivity index (χ1v) is 7.74. The number of carbonyl (C=O) groups excluding carboxylic acids is 1. The Bertz CT molecular complexity index is 465. The summed E-state index contributed by atoms with van der Waals surface area (Å²) in [7, 11) is 1.70. The highest BCUT2D eigenvalue weighted by molar-refractivity contribution is 8.00. The third kappa shape index (κ3) is 6.18. The van der Waals surface area contributed by atoms with E-state index >= 15 is 0 Å². The van der Waals surface area contributed by atoms with Gasteiger partial charge in [-0.25, -0.2) is 4.79 Å². The van der Waals surface area contributed by atoms with Gasteiger partial charge in [0, 0.05) is 4.90 Å². The van der Waals surface area contributed by atoms with Crippen LogP contribution in [0.2, 0.25) is 0 Å². The molecule has 5 nitrogen and oxygen atoms in total. The lowest BCUT2D eigenvalue weighted by atomic mass is 10.0. The van der Waals surface area contributed by atoms with Gasteiger partial charge in [0.1, 0.15) is 0 Å². The Morgan fingerprint density at radius 1 is 1.24 bits per heavy atom. The maximum absolute atomic E-state index is 12.2. The molecule has 0 spiro atoms. The molecule has 0 saturated heterocycles. The van der Waals surface area contributed by atoms with Gasteiger partial charge in [0.15, 0.2) is 5.37 Å². The highest BCUT2D eigenvalue weighted by atomic mass is 32.2. The number of hydrogen-bond donors (Lipinski definition) is 3.